The molecule has 30 heavy (non-hydrogen) atoms. The maximum Gasteiger partial charge on any atom is 0.147 e. The van der Waals surface area contributed by atoms with E-state index >= 15 is 0 Å². The summed E-state index contributed by atoms with van der Waals surface area (Å²) in [4.78, 5) is 18.6. The van der Waals surface area contributed by atoms with Crippen molar-refractivity contribution in [2.24, 2.45) is 0 Å². The van der Waals surface area contributed by atoms with Crippen LogP contribution in [0, 0.1) is 11.3 Å². The van der Waals surface area contributed by atoms with E-state index in [1.807, 2.05) is 71.8 Å². The van der Waals surface area contributed by atoms with Crippen LogP contribution in [0.5, 0.6) is 0 Å². The van der Waals surface area contributed by atoms with Gasteiger partial charge in [-0.15, -0.1) is 0 Å². The molecule has 5 nitrogen and oxygen atoms in total. The quantitative estimate of drug-likeness (QED) is 0.664. The van der Waals surface area contributed by atoms with Crippen molar-refractivity contribution in [1.82, 2.24) is 4.98 Å². The lowest BCUT2D eigenvalue weighted by molar-refractivity contribution is -0.107. The van der Waals surface area contributed by atoms with Gasteiger partial charge in [0.25, 0.3) is 0 Å². The molecule has 1 aliphatic heterocycles. The van der Waals surface area contributed by atoms with Crippen molar-refractivity contribution >= 4 is 23.1 Å². The molecule has 2 aromatic carbocycles. The minimum Gasteiger partial charge on any atom is -0.392 e. The molecule has 1 aliphatic rings. The second-order valence-corrected chi connectivity index (χ2v) is 6.83. The SMILES string of the molecule is N#Cc1ccccc1C1=CC(c2ccccn2)=CN(c2ccccc2CO)C1C=O. The van der Waals surface area contributed by atoms with E-state index in [2.05, 4.69) is 11.1 Å². The predicted molar refractivity (Wildman–Crippen MR) is 116 cm³/mol. The first kappa shape index (κ1) is 19.3. The molecule has 1 N–H and O–H groups in total. The number of aliphatic hydroxyl groups excluding tert-OH is 1. The lowest BCUT2D eigenvalue weighted by Crippen LogP contribution is -2.36. The van der Waals surface area contributed by atoms with E-state index in [9.17, 15) is 15.2 Å². The van der Waals surface area contributed by atoms with Crippen molar-refractivity contribution in [3.8, 4) is 6.07 Å². The van der Waals surface area contributed by atoms with Crippen LogP contribution < -0.4 is 4.90 Å². The van der Waals surface area contributed by atoms with Gasteiger partial charge in [-0.2, -0.15) is 5.26 Å². The fourth-order valence-corrected chi connectivity index (χ4v) is 3.67. The molecule has 2 heterocycles. The van der Waals surface area contributed by atoms with Crippen molar-refractivity contribution in [3.63, 3.8) is 0 Å². The van der Waals surface area contributed by atoms with Crippen LogP contribution in [0.3, 0.4) is 0 Å². The average Bonchev–Trinajstić information content (AvgIpc) is 2.83. The van der Waals surface area contributed by atoms with E-state index in [4.69, 9.17) is 0 Å². The normalized spacial score (nSPS) is 15.7. The summed E-state index contributed by atoms with van der Waals surface area (Å²) < 4.78 is 0. The summed E-state index contributed by atoms with van der Waals surface area (Å²) >= 11 is 0. The number of nitrogens with zero attached hydrogens (tertiary/aromatic N) is 3. The number of benzene rings is 2. The maximum absolute atomic E-state index is 12.3. The molecule has 0 amide bonds. The Balaban J connectivity index is 1.95. The van der Waals surface area contributed by atoms with Gasteiger partial charge in [0.15, 0.2) is 0 Å². The largest absolute Gasteiger partial charge is 0.392 e. The monoisotopic (exact) mass is 393 g/mol. The Kier molecular flexibility index (Phi) is 5.51. The third-order valence-corrected chi connectivity index (χ3v) is 5.10. The number of aliphatic hydroxyl groups is 1. The van der Waals surface area contributed by atoms with Gasteiger partial charge in [0.05, 0.1) is 23.9 Å². The highest BCUT2D eigenvalue weighted by atomic mass is 16.3. The van der Waals surface area contributed by atoms with Crippen molar-refractivity contribution in [2.45, 2.75) is 12.6 Å². The van der Waals surface area contributed by atoms with Crippen LogP contribution >= 0.6 is 0 Å². The molecule has 146 valence electrons. The van der Waals surface area contributed by atoms with E-state index in [-0.39, 0.29) is 6.61 Å². The predicted octanol–water partition coefficient (Wildman–Crippen LogP) is 3.96. The Morgan fingerprint density at radius 3 is 2.57 bits per heavy atom. The fraction of sp³-hybridized carbons (Fsp3) is 0.0800. The van der Waals surface area contributed by atoms with Gasteiger partial charge in [0.1, 0.15) is 12.3 Å². The molecular weight excluding hydrogens is 374 g/mol. The molecular formula is C25H19N3O2. The Bertz CT molecular complexity index is 1180. The standard InChI is InChI=1S/C25H19N3O2/c26-14-18-7-1-3-9-21(18)22-13-20(23-10-5-6-12-27-23)15-28(25(22)17-30)24-11-4-2-8-19(24)16-29/h1-13,15,17,25,29H,16H2. The fourth-order valence-electron chi connectivity index (χ4n) is 3.67. The highest BCUT2D eigenvalue weighted by Crippen LogP contribution is 2.36. The minimum absolute atomic E-state index is 0.154. The first-order chi connectivity index (χ1) is 14.8. The van der Waals surface area contributed by atoms with Gasteiger partial charge in [-0.1, -0.05) is 42.5 Å². The number of anilines is 1. The highest BCUT2D eigenvalue weighted by molar-refractivity contribution is 5.99. The molecule has 4 rings (SSSR count). The summed E-state index contributed by atoms with van der Waals surface area (Å²) in [6.45, 7) is -0.154. The first-order valence-corrected chi connectivity index (χ1v) is 9.53. The van der Waals surface area contributed by atoms with Gasteiger partial charge in [-0.3, -0.25) is 4.98 Å². The molecule has 0 aliphatic carbocycles. The number of nitriles is 1. The summed E-state index contributed by atoms with van der Waals surface area (Å²) in [5.41, 5.74) is 4.89. The third kappa shape index (κ3) is 3.52. The lowest BCUT2D eigenvalue weighted by atomic mass is 9.89. The number of aromatic nitrogens is 1. The van der Waals surface area contributed by atoms with Gasteiger partial charge >= 0.3 is 0 Å². The van der Waals surface area contributed by atoms with Crippen LogP contribution in [0.4, 0.5) is 5.69 Å². The second kappa shape index (κ2) is 8.56. The van der Waals surface area contributed by atoms with E-state index in [0.29, 0.717) is 22.3 Å². The van der Waals surface area contributed by atoms with Crippen molar-refractivity contribution in [2.75, 3.05) is 4.90 Å². The van der Waals surface area contributed by atoms with Crippen molar-refractivity contribution in [3.05, 3.63) is 108 Å². The average molecular weight is 393 g/mol. The molecule has 0 radical (unpaired) electrons. The highest BCUT2D eigenvalue weighted by Gasteiger charge is 2.29. The minimum atomic E-state index is -0.653. The summed E-state index contributed by atoms with van der Waals surface area (Å²) in [7, 11) is 0. The number of carbonyl (C=O) groups is 1. The molecule has 1 unspecified atom stereocenters. The molecule has 1 atom stereocenters. The summed E-state index contributed by atoms with van der Waals surface area (Å²) in [5, 5.41) is 19.5. The third-order valence-electron chi connectivity index (χ3n) is 5.10. The van der Waals surface area contributed by atoms with Crippen LogP contribution in [-0.2, 0) is 11.4 Å². The van der Waals surface area contributed by atoms with Crippen molar-refractivity contribution in [1.29, 1.82) is 5.26 Å². The van der Waals surface area contributed by atoms with Gasteiger partial charge in [-0.05, 0) is 41.5 Å². The van der Waals surface area contributed by atoms with Gasteiger partial charge in [0.2, 0.25) is 0 Å². The number of hydrogen-bond acceptors (Lipinski definition) is 5. The molecule has 1 aromatic heterocycles. The molecule has 0 saturated carbocycles. The smallest absolute Gasteiger partial charge is 0.147 e. The molecule has 5 heteroatoms. The van der Waals surface area contributed by atoms with E-state index in [0.717, 1.165) is 23.2 Å². The van der Waals surface area contributed by atoms with Gasteiger partial charge < -0.3 is 14.8 Å². The van der Waals surface area contributed by atoms with Crippen LogP contribution in [-0.4, -0.2) is 22.4 Å². The first-order valence-electron chi connectivity index (χ1n) is 9.53. The Hall–Kier alpha value is -4.01. The Morgan fingerprint density at radius 1 is 1.07 bits per heavy atom. The summed E-state index contributed by atoms with van der Waals surface area (Å²) in [6, 6.07) is 21.9. The molecule has 0 fully saturated rings. The maximum atomic E-state index is 12.3. The summed E-state index contributed by atoms with van der Waals surface area (Å²) in [5.74, 6) is 0. The Morgan fingerprint density at radius 2 is 1.83 bits per heavy atom. The number of para-hydroxylation sites is 1. The van der Waals surface area contributed by atoms with E-state index < -0.39 is 6.04 Å². The number of rotatable bonds is 5. The number of aldehydes is 1. The number of pyridine rings is 1. The van der Waals surface area contributed by atoms with Crippen LogP contribution in [0.2, 0.25) is 0 Å². The molecule has 0 saturated heterocycles. The lowest BCUT2D eigenvalue weighted by Gasteiger charge is -2.34. The zero-order valence-electron chi connectivity index (χ0n) is 16.1. The number of carbonyl (C=O) groups excluding carboxylic acids is 1. The number of hydrogen-bond donors (Lipinski definition) is 1. The molecule has 0 spiro atoms. The summed E-state index contributed by atoms with van der Waals surface area (Å²) in [6.07, 6.45) is 6.36. The van der Waals surface area contributed by atoms with Gasteiger partial charge in [0, 0.05) is 29.2 Å². The number of allylic oxidation sites excluding steroid dienone is 2. The van der Waals surface area contributed by atoms with E-state index in [1.54, 1.807) is 18.3 Å². The van der Waals surface area contributed by atoms with Crippen LogP contribution in [0.1, 0.15) is 22.4 Å². The second-order valence-electron chi connectivity index (χ2n) is 6.83. The zero-order chi connectivity index (χ0) is 20.9. The topological polar surface area (TPSA) is 77.2 Å². The Labute approximate surface area is 174 Å². The zero-order valence-corrected chi connectivity index (χ0v) is 16.1. The van der Waals surface area contributed by atoms with Crippen molar-refractivity contribution < 1.29 is 9.90 Å². The van der Waals surface area contributed by atoms with Gasteiger partial charge in [-0.25, -0.2) is 0 Å². The molecule has 3 aromatic rings. The van der Waals surface area contributed by atoms with E-state index in [1.165, 1.54) is 0 Å². The molecule has 0 bridgehead atoms. The van der Waals surface area contributed by atoms with Crippen LogP contribution in [0.25, 0.3) is 11.1 Å². The van der Waals surface area contributed by atoms with Crippen LogP contribution in [0.15, 0.2) is 85.2 Å².